The smallest absolute Gasteiger partial charge is 0.407 e. The highest BCUT2D eigenvalue weighted by Gasteiger charge is 2.25. The van der Waals surface area contributed by atoms with Gasteiger partial charge in [-0.1, -0.05) is 23.4 Å². The molecule has 31 heavy (non-hydrogen) atoms. The van der Waals surface area contributed by atoms with Gasteiger partial charge in [0, 0.05) is 37.6 Å². The molecule has 7 nitrogen and oxygen atoms in total. The standard InChI is InChI=1S/C21H24ClF2N5O2/c1-21(2,3)31-20(30)27-16-5-4-8-28(13-16)17-9-18(22)25-11-15(17)7-6-14-10-26-29(12-14)19(23)24/h9-12,16,19H,4-5,8,13H2,1-3H3,(H,27,30)/t16-/m0/s1. The van der Waals surface area contributed by atoms with Gasteiger partial charge in [0.25, 0.3) is 0 Å². The van der Waals surface area contributed by atoms with E-state index in [1.54, 1.807) is 12.3 Å². The minimum absolute atomic E-state index is 0.0966. The van der Waals surface area contributed by atoms with Crippen LogP contribution >= 0.6 is 11.6 Å². The number of carbonyl (C=O) groups excluding carboxylic acids is 1. The Morgan fingerprint density at radius 2 is 2.13 bits per heavy atom. The van der Waals surface area contributed by atoms with Crippen LogP contribution in [0, 0.1) is 11.8 Å². The number of hydrogen-bond acceptors (Lipinski definition) is 5. The largest absolute Gasteiger partial charge is 0.444 e. The minimum atomic E-state index is -2.72. The topological polar surface area (TPSA) is 72.3 Å². The third-order valence-corrected chi connectivity index (χ3v) is 4.68. The predicted octanol–water partition coefficient (Wildman–Crippen LogP) is 4.22. The highest BCUT2D eigenvalue weighted by Crippen LogP contribution is 2.26. The number of nitrogens with one attached hydrogen (secondary N) is 1. The van der Waals surface area contributed by atoms with Crippen LogP contribution in [0.15, 0.2) is 24.7 Å². The van der Waals surface area contributed by atoms with E-state index in [0.29, 0.717) is 27.5 Å². The number of amides is 1. The van der Waals surface area contributed by atoms with Gasteiger partial charge >= 0.3 is 12.6 Å². The molecule has 0 saturated carbocycles. The van der Waals surface area contributed by atoms with Gasteiger partial charge in [-0.15, -0.1) is 0 Å². The fourth-order valence-electron chi connectivity index (χ4n) is 3.21. The Morgan fingerprint density at radius 3 is 2.81 bits per heavy atom. The lowest BCUT2D eigenvalue weighted by Crippen LogP contribution is -2.49. The van der Waals surface area contributed by atoms with Crippen LogP contribution in [0.25, 0.3) is 0 Å². The molecule has 1 fully saturated rings. The number of pyridine rings is 1. The van der Waals surface area contributed by atoms with Gasteiger partial charge in [-0.25, -0.2) is 14.5 Å². The van der Waals surface area contributed by atoms with Crippen molar-refractivity contribution < 1.29 is 18.3 Å². The van der Waals surface area contributed by atoms with Crippen LogP contribution in [-0.4, -0.2) is 45.6 Å². The Kier molecular flexibility index (Phi) is 7.01. The first-order valence-electron chi connectivity index (χ1n) is 9.85. The Balaban J connectivity index is 1.77. The van der Waals surface area contributed by atoms with Crippen molar-refractivity contribution in [1.29, 1.82) is 0 Å². The van der Waals surface area contributed by atoms with E-state index in [-0.39, 0.29) is 6.04 Å². The third kappa shape index (κ3) is 6.56. The Bertz CT molecular complexity index is 994. The lowest BCUT2D eigenvalue weighted by atomic mass is 10.0. The maximum Gasteiger partial charge on any atom is 0.407 e. The van der Waals surface area contributed by atoms with Crippen molar-refractivity contribution in [1.82, 2.24) is 20.1 Å². The third-order valence-electron chi connectivity index (χ3n) is 4.47. The number of aromatic nitrogens is 3. The first-order valence-corrected chi connectivity index (χ1v) is 10.2. The summed E-state index contributed by atoms with van der Waals surface area (Å²) in [5.41, 5.74) is 1.17. The summed E-state index contributed by atoms with van der Waals surface area (Å²) in [5, 5.41) is 6.81. The van der Waals surface area contributed by atoms with Gasteiger partial charge < -0.3 is 15.0 Å². The number of nitrogens with zero attached hydrogens (tertiary/aromatic N) is 4. The van der Waals surface area contributed by atoms with Gasteiger partial charge in [0.1, 0.15) is 10.8 Å². The van der Waals surface area contributed by atoms with Crippen LogP contribution in [0.2, 0.25) is 5.15 Å². The Morgan fingerprint density at radius 1 is 1.35 bits per heavy atom. The van der Waals surface area contributed by atoms with Gasteiger partial charge in [0.05, 0.1) is 23.0 Å². The van der Waals surface area contributed by atoms with Crippen LogP contribution in [0.5, 0.6) is 0 Å². The molecule has 3 heterocycles. The molecule has 0 aromatic carbocycles. The van der Waals surface area contributed by atoms with Crippen LogP contribution in [0.4, 0.5) is 19.3 Å². The molecule has 2 aromatic rings. The molecular weight excluding hydrogens is 428 g/mol. The first-order chi connectivity index (χ1) is 14.6. The summed E-state index contributed by atoms with van der Waals surface area (Å²) >= 11 is 6.11. The molecular formula is C21H24ClF2N5O2. The number of carbonyl (C=O) groups is 1. The van der Waals surface area contributed by atoms with Gasteiger partial charge in [-0.3, -0.25) is 0 Å². The van der Waals surface area contributed by atoms with E-state index in [0.717, 1.165) is 25.1 Å². The Labute approximate surface area is 184 Å². The molecule has 2 aromatic heterocycles. The highest BCUT2D eigenvalue weighted by molar-refractivity contribution is 6.29. The number of anilines is 1. The highest BCUT2D eigenvalue weighted by atomic mass is 35.5. The van der Waals surface area contributed by atoms with E-state index in [1.165, 1.54) is 12.4 Å². The van der Waals surface area contributed by atoms with E-state index in [4.69, 9.17) is 16.3 Å². The van der Waals surface area contributed by atoms with Crippen molar-refractivity contribution in [3.63, 3.8) is 0 Å². The van der Waals surface area contributed by atoms with Gasteiger partial charge in [-0.2, -0.15) is 13.9 Å². The molecule has 166 valence electrons. The number of ether oxygens (including phenoxy) is 1. The van der Waals surface area contributed by atoms with E-state index in [1.807, 2.05) is 20.8 Å². The van der Waals surface area contributed by atoms with Crippen LogP contribution < -0.4 is 10.2 Å². The molecule has 1 aliphatic heterocycles. The van der Waals surface area contributed by atoms with E-state index in [9.17, 15) is 13.6 Å². The summed E-state index contributed by atoms with van der Waals surface area (Å²) in [4.78, 5) is 18.3. The van der Waals surface area contributed by atoms with Crippen molar-refractivity contribution in [3.05, 3.63) is 40.9 Å². The fraction of sp³-hybridized carbons (Fsp3) is 0.476. The average molecular weight is 452 g/mol. The molecule has 3 rings (SSSR count). The van der Waals surface area contributed by atoms with E-state index < -0.39 is 18.2 Å². The molecule has 1 N–H and O–H groups in total. The molecule has 1 aliphatic rings. The lowest BCUT2D eigenvalue weighted by molar-refractivity contribution is 0.0499. The number of alkyl halides is 2. The maximum atomic E-state index is 12.7. The zero-order valence-electron chi connectivity index (χ0n) is 17.5. The fourth-order valence-corrected chi connectivity index (χ4v) is 3.37. The number of hydrogen-bond donors (Lipinski definition) is 1. The monoisotopic (exact) mass is 451 g/mol. The minimum Gasteiger partial charge on any atom is -0.444 e. The molecule has 10 heteroatoms. The number of halogens is 3. The average Bonchev–Trinajstić information content (AvgIpc) is 3.15. The molecule has 1 atom stereocenters. The quantitative estimate of drug-likeness (QED) is 0.558. The molecule has 0 aliphatic carbocycles. The van der Waals surface area contributed by atoms with Crippen molar-refractivity contribution in [2.45, 2.75) is 51.8 Å². The van der Waals surface area contributed by atoms with E-state index in [2.05, 4.69) is 32.1 Å². The van der Waals surface area contributed by atoms with Crippen molar-refractivity contribution in [3.8, 4) is 11.8 Å². The molecule has 0 spiro atoms. The molecule has 0 bridgehead atoms. The Hall–Kier alpha value is -2.86. The van der Waals surface area contributed by atoms with Crippen LogP contribution in [-0.2, 0) is 4.74 Å². The van der Waals surface area contributed by atoms with Gasteiger partial charge in [0.15, 0.2) is 0 Å². The lowest BCUT2D eigenvalue weighted by Gasteiger charge is -2.35. The number of alkyl carbamates (subject to hydrolysis) is 1. The normalized spacial score (nSPS) is 16.6. The zero-order chi connectivity index (χ0) is 22.6. The molecule has 0 radical (unpaired) electrons. The summed E-state index contributed by atoms with van der Waals surface area (Å²) < 4.78 is 31.3. The summed E-state index contributed by atoms with van der Waals surface area (Å²) in [5.74, 6) is 5.81. The SMILES string of the molecule is CC(C)(C)OC(=O)N[C@H]1CCCN(c2cc(Cl)ncc2C#Cc2cnn(C(F)F)c2)C1. The van der Waals surface area contributed by atoms with Crippen LogP contribution in [0.3, 0.4) is 0 Å². The molecule has 0 unspecified atom stereocenters. The second-order valence-corrected chi connectivity index (χ2v) is 8.58. The second kappa shape index (κ2) is 9.52. The summed E-state index contributed by atoms with van der Waals surface area (Å²) in [6, 6.07) is 1.62. The number of piperidine rings is 1. The van der Waals surface area contributed by atoms with Crippen molar-refractivity contribution in [2.75, 3.05) is 18.0 Å². The predicted molar refractivity (Wildman–Crippen MR) is 113 cm³/mol. The van der Waals surface area contributed by atoms with Crippen molar-refractivity contribution in [2.24, 2.45) is 0 Å². The van der Waals surface area contributed by atoms with Crippen molar-refractivity contribution >= 4 is 23.4 Å². The van der Waals surface area contributed by atoms with Gasteiger partial charge in [0.2, 0.25) is 0 Å². The first kappa shape index (κ1) is 22.8. The molecule has 1 amide bonds. The number of rotatable bonds is 3. The molecule has 1 saturated heterocycles. The van der Waals surface area contributed by atoms with Crippen LogP contribution in [0.1, 0.15) is 51.3 Å². The summed E-state index contributed by atoms with van der Waals surface area (Å²) in [6.07, 6.45) is 5.24. The summed E-state index contributed by atoms with van der Waals surface area (Å²) in [6.45, 7) is 4.03. The van der Waals surface area contributed by atoms with E-state index >= 15 is 0 Å². The second-order valence-electron chi connectivity index (χ2n) is 8.19. The van der Waals surface area contributed by atoms with Gasteiger partial charge in [-0.05, 0) is 33.6 Å². The summed E-state index contributed by atoms with van der Waals surface area (Å²) in [7, 11) is 0. The zero-order valence-corrected chi connectivity index (χ0v) is 18.3. The maximum absolute atomic E-state index is 12.7.